The normalized spacial score (nSPS) is 17.9. The van der Waals surface area contributed by atoms with Gasteiger partial charge in [0.15, 0.2) is 0 Å². The molecule has 0 unspecified atom stereocenters. The van der Waals surface area contributed by atoms with E-state index in [4.69, 9.17) is 23.2 Å². The van der Waals surface area contributed by atoms with Gasteiger partial charge in [-0.3, -0.25) is 0 Å². The molecule has 8 heteroatoms. The van der Waals surface area contributed by atoms with Crippen LogP contribution < -0.4 is 5.32 Å². The van der Waals surface area contributed by atoms with Crippen molar-refractivity contribution in [1.82, 2.24) is 9.62 Å². The van der Waals surface area contributed by atoms with Crippen LogP contribution in [0.5, 0.6) is 0 Å². The van der Waals surface area contributed by atoms with Gasteiger partial charge in [-0.1, -0.05) is 23.2 Å². The van der Waals surface area contributed by atoms with Crippen LogP contribution in [0.2, 0.25) is 10.0 Å². The van der Waals surface area contributed by atoms with E-state index in [1.165, 1.54) is 10.4 Å². The summed E-state index contributed by atoms with van der Waals surface area (Å²) < 4.78 is 26.8. The van der Waals surface area contributed by atoms with Crippen molar-refractivity contribution in [2.45, 2.75) is 4.90 Å². The molecule has 18 heavy (non-hydrogen) atoms. The highest BCUT2D eigenvalue weighted by molar-refractivity contribution is 9.10. The molecule has 0 atom stereocenters. The van der Waals surface area contributed by atoms with Crippen LogP contribution in [0.15, 0.2) is 21.5 Å². The lowest BCUT2D eigenvalue weighted by molar-refractivity contribution is 0.360. The number of hydrogen-bond acceptors (Lipinski definition) is 3. The van der Waals surface area contributed by atoms with E-state index in [0.29, 0.717) is 30.7 Å². The summed E-state index contributed by atoms with van der Waals surface area (Å²) in [6.07, 6.45) is 0. The van der Waals surface area contributed by atoms with Gasteiger partial charge >= 0.3 is 0 Å². The number of nitrogens with zero attached hydrogens (tertiary/aromatic N) is 1. The molecule has 0 bridgehead atoms. The Morgan fingerprint density at radius 3 is 2.39 bits per heavy atom. The Balaban J connectivity index is 2.44. The van der Waals surface area contributed by atoms with Gasteiger partial charge in [0.1, 0.15) is 4.90 Å². The molecule has 0 radical (unpaired) electrons. The lowest BCUT2D eigenvalue weighted by Crippen LogP contribution is -2.46. The van der Waals surface area contributed by atoms with Gasteiger partial charge < -0.3 is 5.32 Å². The van der Waals surface area contributed by atoms with Crippen LogP contribution in [0.25, 0.3) is 0 Å². The number of rotatable bonds is 2. The highest BCUT2D eigenvalue weighted by atomic mass is 79.9. The van der Waals surface area contributed by atoms with Gasteiger partial charge in [0, 0.05) is 30.7 Å². The van der Waals surface area contributed by atoms with E-state index in [1.807, 2.05) is 0 Å². The number of nitrogens with one attached hydrogen (secondary N) is 1. The summed E-state index contributed by atoms with van der Waals surface area (Å²) in [7, 11) is -3.58. The van der Waals surface area contributed by atoms with E-state index < -0.39 is 10.0 Å². The molecule has 0 saturated carbocycles. The van der Waals surface area contributed by atoms with Gasteiger partial charge in [-0.25, -0.2) is 8.42 Å². The molecule has 2 rings (SSSR count). The number of piperazine rings is 1. The van der Waals surface area contributed by atoms with E-state index >= 15 is 0 Å². The van der Waals surface area contributed by atoms with Crippen molar-refractivity contribution in [2.24, 2.45) is 0 Å². The van der Waals surface area contributed by atoms with E-state index in [-0.39, 0.29) is 14.9 Å². The van der Waals surface area contributed by atoms with Crippen LogP contribution in [-0.2, 0) is 10.0 Å². The average Bonchev–Trinajstić information content (AvgIpc) is 2.37. The van der Waals surface area contributed by atoms with Crippen LogP contribution in [0, 0.1) is 0 Å². The summed E-state index contributed by atoms with van der Waals surface area (Å²) >= 11 is 15.2. The van der Waals surface area contributed by atoms with E-state index in [2.05, 4.69) is 21.2 Å². The molecule has 1 aromatic carbocycles. The fraction of sp³-hybridized carbons (Fsp3) is 0.400. The monoisotopic (exact) mass is 372 g/mol. The van der Waals surface area contributed by atoms with Gasteiger partial charge in [-0.2, -0.15) is 4.31 Å². The summed E-state index contributed by atoms with van der Waals surface area (Å²) in [6, 6.07) is 3.05. The van der Waals surface area contributed by atoms with Crippen molar-refractivity contribution in [3.63, 3.8) is 0 Å². The van der Waals surface area contributed by atoms with Gasteiger partial charge in [-0.05, 0) is 28.1 Å². The smallest absolute Gasteiger partial charge is 0.244 e. The molecular formula is C10H11BrCl2N2O2S. The highest BCUT2D eigenvalue weighted by Crippen LogP contribution is 2.36. The Labute approximate surface area is 124 Å². The first-order chi connectivity index (χ1) is 8.44. The number of halogens is 3. The van der Waals surface area contributed by atoms with Crippen molar-refractivity contribution >= 4 is 49.2 Å². The molecule has 1 aliphatic rings. The Morgan fingerprint density at radius 1 is 1.17 bits per heavy atom. The first-order valence-electron chi connectivity index (χ1n) is 5.29. The summed E-state index contributed by atoms with van der Waals surface area (Å²) in [6.45, 7) is 2.15. The van der Waals surface area contributed by atoms with Gasteiger partial charge in [0.2, 0.25) is 10.0 Å². The maximum Gasteiger partial charge on any atom is 0.244 e. The lowest BCUT2D eigenvalue weighted by Gasteiger charge is -2.27. The zero-order chi connectivity index (χ0) is 13.3. The minimum absolute atomic E-state index is 0.0549. The van der Waals surface area contributed by atoms with E-state index in [1.54, 1.807) is 6.07 Å². The Bertz CT molecular complexity index is 559. The quantitative estimate of drug-likeness (QED) is 0.809. The maximum absolute atomic E-state index is 12.4. The third kappa shape index (κ3) is 2.69. The Kier molecular flexibility index (Phi) is 4.57. The average molecular weight is 374 g/mol. The molecule has 1 aromatic rings. The summed E-state index contributed by atoms with van der Waals surface area (Å²) in [5.74, 6) is 0. The van der Waals surface area contributed by atoms with Crippen molar-refractivity contribution < 1.29 is 8.42 Å². The van der Waals surface area contributed by atoms with Crippen LogP contribution in [0.4, 0.5) is 0 Å². The zero-order valence-corrected chi connectivity index (χ0v) is 13.2. The number of hydrogen-bond donors (Lipinski definition) is 1. The molecular weight excluding hydrogens is 363 g/mol. The van der Waals surface area contributed by atoms with Crippen LogP contribution in [-0.4, -0.2) is 38.9 Å². The molecule has 0 aromatic heterocycles. The van der Waals surface area contributed by atoms with Crippen LogP contribution >= 0.6 is 39.1 Å². The van der Waals surface area contributed by atoms with Crippen LogP contribution in [0.1, 0.15) is 0 Å². The second-order valence-corrected chi connectivity index (χ2v) is 7.34. The standard InChI is InChI=1S/C10H11BrCl2N2O2S/c11-7-1-2-8(10(13)9(7)12)18(16,17)15-5-3-14-4-6-15/h1-2,14H,3-6H2. The summed E-state index contributed by atoms with van der Waals surface area (Å²) in [5.41, 5.74) is 0. The number of sulfonamides is 1. The zero-order valence-electron chi connectivity index (χ0n) is 9.29. The van der Waals surface area contributed by atoms with Crippen molar-refractivity contribution in [3.8, 4) is 0 Å². The predicted octanol–water partition coefficient (Wildman–Crippen LogP) is 2.35. The molecule has 1 N–H and O–H groups in total. The molecule has 1 aliphatic heterocycles. The second kappa shape index (κ2) is 5.64. The van der Waals surface area contributed by atoms with Crippen LogP contribution in [0.3, 0.4) is 0 Å². The van der Waals surface area contributed by atoms with Crippen molar-refractivity contribution in [3.05, 3.63) is 26.7 Å². The minimum Gasteiger partial charge on any atom is -0.314 e. The van der Waals surface area contributed by atoms with E-state index in [0.717, 1.165) is 0 Å². The van der Waals surface area contributed by atoms with Crippen molar-refractivity contribution in [2.75, 3.05) is 26.2 Å². The summed E-state index contributed by atoms with van der Waals surface area (Å²) in [4.78, 5) is 0.0549. The Morgan fingerprint density at radius 2 is 1.78 bits per heavy atom. The molecule has 1 saturated heterocycles. The topological polar surface area (TPSA) is 49.4 Å². The lowest BCUT2D eigenvalue weighted by atomic mass is 10.4. The first-order valence-corrected chi connectivity index (χ1v) is 8.28. The fourth-order valence-electron chi connectivity index (χ4n) is 1.73. The molecule has 1 fully saturated rings. The second-order valence-electron chi connectivity index (χ2n) is 3.83. The Hall–Kier alpha value is 0.150. The number of benzene rings is 1. The highest BCUT2D eigenvalue weighted by Gasteiger charge is 2.29. The molecule has 100 valence electrons. The fourth-order valence-corrected chi connectivity index (χ4v) is 4.36. The SMILES string of the molecule is O=S(=O)(c1ccc(Br)c(Cl)c1Cl)N1CCNCC1. The largest absolute Gasteiger partial charge is 0.314 e. The minimum atomic E-state index is -3.58. The van der Waals surface area contributed by atoms with E-state index in [9.17, 15) is 8.42 Å². The third-order valence-electron chi connectivity index (χ3n) is 2.69. The third-order valence-corrected chi connectivity index (χ3v) is 6.52. The maximum atomic E-state index is 12.4. The van der Waals surface area contributed by atoms with Crippen molar-refractivity contribution in [1.29, 1.82) is 0 Å². The van der Waals surface area contributed by atoms with Gasteiger partial charge in [0.25, 0.3) is 0 Å². The first kappa shape index (κ1) is 14.6. The summed E-state index contributed by atoms with van der Waals surface area (Å²) in [5, 5.41) is 3.38. The molecule has 0 amide bonds. The van der Waals surface area contributed by atoms with Gasteiger partial charge in [-0.15, -0.1) is 0 Å². The predicted molar refractivity (Wildman–Crippen MR) is 75.8 cm³/mol. The molecule has 0 spiro atoms. The molecule has 0 aliphatic carbocycles. The molecule has 1 heterocycles. The molecule has 4 nitrogen and oxygen atoms in total. The van der Waals surface area contributed by atoms with Gasteiger partial charge in [0.05, 0.1) is 10.0 Å².